The Morgan fingerprint density at radius 2 is 1.88 bits per heavy atom. The molecule has 1 heterocycles. The van der Waals surface area contributed by atoms with E-state index in [0.717, 1.165) is 46.8 Å². The third-order valence-electron chi connectivity index (χ3n) is 3.40. The summed E-state index contributed by atoms with van der Waals surface area (Å²) in [7, 11) is 1.76. The van der Waals surface area contributed by atoms with Crippen molar-refractivity contribution in [2.45, 2.75) is 25.2 Å². The van der Waals surface area contributed by atoms with Gasteiger partial charge in [-0.1, -0.05) is 0 Å². The highest BCUT2D eigenvalue weighted by Crippen LogP contribution is 2.17. The van der Waals surface area contributed by atoms with Crippen LogP contribution in [0.5, 0.6) is 0 Å². The van der Waals surface area contributed by atoms with Crippen LogP contribution in [-0.2, 0) is 6.42 Å². The number of rotatable bonds is 7. The predicted molar refractivity (Wildman–Crippen MR) is 117 cm³/mol. The molecular formula is C17H24FIN4S2. The van der Waals surface area contributed by atoms with Crippen LogP contribution in [0.15, 0.2) is 34.2 Å². The summed E-state index contributed by atoms with van der Waals surface area (Å²) in [5.74, 6) is 1.48. The summed E-state index contributed by atoms with van der Waals surface area (Å²) >= 11 is 3.44. The van der Waals surface area contributed by atoms with Crippen molar-refractivity contribution >= 4 is 53.0 Å². The number of aromatic nitrogens is 1. The fourth-order valence-electron chi connectivity index (χ4n) is 2.02. The highest BCUT2D eigenvalue weighted by molar-refractivity contribution is 14.0. The van der Waals surface area contributed by atoms with Crippen LogP contribution >= 0.6 is 47.1 Å². The summed E-state index contributed by atoms with van der Waals surface area (Å²) in [6.45, 7) is 5.74. The lowest BCUT2D eigenvalue weighted by atomic mass is 10.4. The molecule has 0 atom stereocenters. The van der Waals surface area contributed by atoms with Crippen molar-refractivity contribution in [2.75, 3.05) is 25.9 Å². The number of nitrogens with one attached hydrogen (secondary N) is 2. The lowest BCUT2D eigenvalue weighted by Crippen LogP contribution is -2.39. The summed E-state index contributed by atoms with van der Waals surface area (Å²) in [6, 6.07) is 6.56. The topological polar surface area (TPSA) is 49.3 Å². The Morgan fingerprint density at radius 1 is 1.20 bits per heavy atom. The van der Waals surface area contributed by atoms with E-state index in [9.17, 15) is 4.39 Å². The standard InChI is InChI=1S/C17H23FN4S2.HI/c1-12-13(2)24-16(22-12)8-9-20-17(19-3)21-10-11-23-15-6-4-14(18)5-7-15;/h4-7H,8-11H2,1-3H3,(H2,19,20,21);1H. The molecule has 0 aliphatic carbocycles. The number of aryl methyl sites for hydroxylation is 2. The minimum Gasteiger partial charge on any atom is -0.356 e. The van der Waals surface area contributed by atoms with Gasteiger partial charge in [0, 0.05) is 42.1 Å². The minimum atomic E-state index is -0.201. The maximum Gasteiger partial charge on any atom is 0.191 e. The zero-order valence-corrected chi connectivity index (χ0v) is 18.6. The molecule has 0 fully saturated rings. The van der Waals surface area contributed by atoms with Gasteiger partial charge in [0.1, 0.15) is 5.82 Å². The van der Waals surface area contributed by atoms with Crippen LogP contribution in [0.2, 0.25) is 0 Å². The van der Waals surface area contributed by atoms with E-state index >= 15 is 0 Å². The summed E-state index contributed by atoms with van der Waals surface area (Å²) in [4.78, 5) is 11.1. The molecule has 0 unspecified atom stereocenters. The molecule has 0 saturated heterocycles. The van der Waals surface area contributed by atoms with Gasteiger partial charge in [-0.3, -0.25) is 4.99 Å². The molecule has 138 valence electrons. The Balaban J connectivity index is 0.00000312. The van der Waals surface area contributed by atoms with Crippen molar-refractivity contribution in [1.82, 2.24) is 15.6 Å². The second kappa shape index (κ2) is 11.7. The Hall–Kier alpha value is -0.870. The molecule has 1 aromatic heterocycles. The second-order valence-electron chi connectivity index (χ2n) is 5.23. The molecule has 2 rings (SSSR count). The molecule has 0 saturated carbocycles. The average molecular weight is 494 g/mol. The third kappa shape index (κ3) is 7.91. The van der Waals surface area contributed by atoms with E-state index < -0.39 is 0 Å². The number of halogens is 2. The highest BCUT2D eigenvalue weighted by Gasteiger charge is 2.04. The van der Waals surface area contributed by atoms with Crippen LogP contribution in [0.3, 0.4) is 0 Å². The van der Waals surface area contributed by atoms with Gasteiger partial charge < -0.3 is 10.6 Å². The number of hydrogen-bond acceptors (Lipinski definition) is 4. The van der Waals surface area contributed by atoms with Crippen LogP contribution < -0.4 is 10.6 Å². The van der Waals surface area contributed by atoms with Gasteiger partial charge in [0.2, 0.25) is 0 Å². The SMILES string of the molecule is CN=C(NCCSc1ccc(F)cc1)NCCc1nc(C)c(C)s1.I. The molecule has 4 nitrogen and oxygen atoms in total. The van der Waals surface area contributed by atoms with E-state index in [2.05, 4.69) is 27.5 Å². The van der Waals surface area contributed by atoms with E-state index in [1.54, 1.807) is 42.3 Å². The van der Waals surface area contributed by atoms with Crippen LogP contribution in [0.1, 0.15) is 15.6 Å². The van der Waals surface area contributed by atoms with Gasteiger partial charge >= 0.3 is 0 Å². The molecular weight excluding hydrogens is 470 g/mol. The zero-order chi connectivity index (χ0) is 17.4. The molecule has 2 aromatic rings. The molecule has 0 aliphatic rings. The first-order valence-corrected chi connectivity index (χ1v) is 9.64. The molecule has 25 heavy (non-hydrogen) atoms. The van der Waals surface area contributed by atoms with Gasteiger partial charge in [-0.2, -0.15) is 0 Å². The number of nitrogens with zero attached hydrogens (tertiary/aromatic N) is 2. The molecule has 8 heteroatoms. The van der Waals surface area contributed by atoms with E-state index in [0.29, 0.717) is 0 Å². The summed E-state index contributed by atoms with van der Waals surface area (Å²) < 4.78 is 12.8. The lowest BCUT2D eigenvalue weighted by molar-refractivity contribution is 0.626. The maximum atomic E-state index is 12.8. The van der Waals surface area contributed by atoms with Gasteiger partial charge in [-0.25, -0.2) is 9.37 Å². The van der Waals surface area contributed by atoms with Crippen molar-refractivity contribution in [1.29, 1.82) is 0 Å². The fraction of sp³-hybridized carbons (Fsp3) is 0.412. The van der Waals surface area contributed by atoms with E-state index in [-0.39, 0.29) is 29.8 Å². The number of thiazole rings is 1. The molecule has 1 aromatic carbocycles. The predicted octanol–water partition coefficient (Wildman–Crippen LogP) is 4.02. The van der Waals surface area contributed by atoms with Gasteiger partial charge in [0.25, 0.3) is 0 Å². The molecule has 0 bridgehead atoms. The third-order valence-corrected chi connectivity index (χ3v) is 5.55. The quantitative estimate of drug-likeness (QED) is 0.201. The first-order valence-electron chi connectivity index (χ1n) is 7.84. The molecule has 0 amide bonds. The number of aliphatic imine (C=N–C) groups is 1. The first kappa shape index (κ1) is 22.2. The largest absolute Gasteiger partial charge is 0.356 e. The van der Waals surface area contributed by atoms with E-state index in [4.69, 9.17) is 0 Å². The Kier molecular flexibility index (Phi) is 10.4. The van der Waals surface area contributed by atoms with Gasteiger partial charge in [-0.15, -0.1) is 47.1 Å². The zero-order valence-electron chi connectivity index (χ0n) is 14.6. The average Bonchev–Trinajstić information content (AvgIpc) is 2.89. The van der Waals surface area contributed by atoms with Crippen molar-refractivity contribution in [3.8, 4) is 0 Å². The molecule has 2 N–H and O–H groups in total. The van der Waals surface area contributed by atoms with Crippen LogP contribution in [0.4, 0.5) is 4.39 Å². The Labute approximate surface area is 174 Å². The number of guanidine groups is 1. The highest BCUT2D eigenvalue weighted by atomic mass is 127. The minimum absolute atomic E-state index is 0. The first-order chi connectivity index (χ1) is 11.6. The number of hydrogen-bond donors (Lipinski definition) is 2. The Bertz CT molecular complexity index is 654. The van der Waals surface area contributed by atoms with Crippen LogP contribution in [0.25, 0.3) is 0 Å². The van der Waals surface area contributed by atoms with Crippen molar-refractivity contribution < 1.29 is 4.39 Å². The lowest BCUT2D eigenvalue weighted by Gasteiger charge is -2.11. The second-order valence-corrected chi connectivity index (χ2v) is 7.68. The van der Waals surface area contributed by atoms with Crippen molar-refractivity contribution in [3.63, 3.8) is 0 Å². The molecule has 0 aliphatic heterocycles. The summed E-state index contributed by atoms with van der Waals surface area (Å²) in [5, 5.41) is 7.73. The maximum absolute atomic E-state index is 12.8. The monoisotopic (exact) mass is 494 g/mol. The van der Waals surface area contributed by atoms with Gasteiger partial charge in [0.05, 0.1) is 10.7 Å². The van der Waals surface area contributed by atoms with E-state index in [1.807, 2.05) is 6.92 Å². The van der Waals surface area contributed by atoms with Crippen molar-refractivity contribution in [2.24, 2.45) is 4.99 Å². The molecule has 0 spiro atoms. The number of thioether (sulfide) groups is 1. The molecule has 0 radical (unpaired) electrons. The summed E-state index contributed by atoms with van der Waals surface area (Å²) in [6.07, 6.45) is 0.893. The van der Waals surface area contributed by atoms with Crippen LogP contribution in [-0.4, -0.2) is 36.8 Å². The van der Waals surface area contributed by atoms with Gasteiger partial charge in [0.15, 0.2) is 5.96 Å². The normalized spacial score (nSPS) is 11.1. The number of benzene rings is 1. The van der Waals surface area contributed by atoms with E-state index in [1.165, 1.54) is 17.0 Å². The fourth-order valence-corrected chi connectivity index (χ4v) is 3.73. The smallest absolute Gasteiger partial charge is 0.191 e. The van der Waals surface area contributed by atoms with Crippen molar-refractivity contribution in [3.05, 3.63) is 45.7 Å². The van der Waals surface area contributed by atoms with Gasteiger partial charge in [-0.05, 0) is 38.1 Å². The Morgan fingerprint density at radius 3 is 2.48 bits per heavy atom. The van der Waals surface area contributed by atoms with Crippen LogP contribution in [0, 0.1) is 19.7 Å². The summed E-state index contributed by atoms with van der Waals surface area (Å²) in [5.41, 5.74) is 1.12.